The van der Waals surface area contributed by atoms with Crippen LogP contribution in [-0.2, 0) is 11.3 Å². The molecule has 0 spiro atoms. The molecule has 170 valence electrons. The van der Waals surface area contributed by atoms with Gasteiger partial charge in [0.2, 0.25) is 11.9 Å². The maximum Gasteiger partial charge on any atom is 0.257 e. The fourth-order valence-corrected chi connectivity index (χ4v) is 5.28. The topological polar surface area (TPSA) is 92.4 Å². The molecule has 2 amide bonds. The summed E-state index contributed by atoms with van der Waals surface area (Å²) in [5.41, 5.74) is 7.53. The van der Waals surface area contributed by atoms with E-state index in [2.05, 4.69) is 33.9 Å². The van der Waals surface area contributed by atoms with Gasteiger partial charge in [-0.2, -0.15) is 0 Å². The number of carbonyl (C=O) groups is 2. The molecule has 2 aliphatic rings. The Labute approximate surface area is 190 Å². The van der Waals surface area contributed by atoms with Crippen molar-refractivity contribution in [1.29, 1.82) is 0 Å². The highest BCUT2D eigenvalue weighted by molar-refractivity contribution is 5.95. The first-order valence-electron chi connectivity index (χ1n) is 11.6. The van der Waals surface area contributed by atoms with Crippen LogP contribution in [0.3, 0.4) is 0 Å². The number of nitrogens with two attached hydrogens (primary N) is 1. The Morgan fingerprint density at radius 3 is 2.56 bits per heavy atom. The highest BCUT2D eigenvalue weighted by Crippen LogP contribution is 2.43. The molecule has 4 rings (SSSR count). The zero-order valence-electron chi connectivity index (χ0n) is 19.1. The second-order valence-corrected chi connectivity index (χ2v) is 9.38. The van der Waals surface area contributed by atoms with Crippen LogP contribution in [0.15, 0.2) is 36.5 Å². The lowest BCUT2D eigenvalue weighted by molar-refractivity contribution is -0.145. The summed E-state index contributed by atoms with van der Waals surface area (Å²) in [6.07, 6.45) is 6.21. The van der Waals surface area contributed by atoms with Gasteiger partial charge in [0.05, 0.1) is 11.3 Å². The van der Waals surface area contributed by atoms with Crippen LogP contribution in [0, 0.1) is 18.3 Å². The standard InChI is InChI=1S/C25H33N5O2/c1-18-21(16-27-24(26)28-18)22(31)29-14-10-20(11-15-29)25(2)12-6-7-13-30(23(25)32)17-19-8-4-3-5-9-19/h3-5,8-9,16,20H,6-7,10-15,17H2,1-2H3,(H2,26,27,28)/t25-/m1/s1. The molecule has 0 bridgehead atoms. The number of nitrogen functional groups attached to an aromatic ring is 1. The summed E-state index contributed by atoms with van der Waals surface area (Å²) < 4.78 is 0. The van der Waals surface area contributed by atoms with Crippen molar-refractivity contribution in [2.24, 2.45) is 11.3 Å². The third kappa shape index (κ3) is 4.47. The molecule has 0 unspecified atom stereocenters. The largest absolute Gasteiger partial charge is 0.368 e. The van der Waals surface area contributed by atoms with E-state index >= 15 is 0 Å². The van der Waals surface area contributed by atoms with Gasteiger partial charge in [-0.05, 0) is 44.1 Å². The van der Waals surface area contributed by atoms with Gasteiger partial charge in [-0.15, -0.1) is 0 Å². The van der Waals surface area contributed by atoms with Gasteiger partial charge in [-0.25, -0.2) is 9.97 Å². The van der Waals surface area contributed by atoms with Crippen molar-refractivity contribution in [2.75, 3.05) is 25.4 Å². The summed E-state index contributed by atoms with van der Waals surface area (Å²) in [6, 6.07) is 10.2. The summed E-state index contributed by atoms with van der Waals surface area (Å²) in [5, 5.41) is 0. The fourth-order valence-electron chi connectivity index (χ4n) is 5.28. The molecule has 0 aliphatic carbocycles. The zero-order valence-corrected chi connectivity index (χ0v) is 19.1. The van der Waals surface area contributed by atoms with Crippen molar-refractivity contribution in [3.05, 3.63) is 53.3 Å². The van der Waals surface area contributed by atoms with Crippen molar-refractivity contribution in [2.45, 2.75) is 52.5 Å². The van der Waals surface area contributed by atoms with E-state index in [0.717, 1.165) is 38.6 Å². The fraction of sp³-hybridized carbons (Fsp3) is 0.520. The van der Waals surface area contributed by atoms with E-state index in [0.29, 0.717) is 30.9 Å². The van der Waals surface area contributed by atoms with E-state index in [9.17, 15) is 9.59 Å². The number of aromatic nitrogens is 2. The average molecular weight is 436 g/mol. The quantitative estimate of drug-likeness (QED) is 0.794. The Balaban J connectivity index is 1.44. The molecule has 1 atom stereocenters. The molecule has 2 aromatic rings. The van der Waals surface area contributed by atoms with Gasteiger partial charge < -0.3 is 15.5 Å². The van der Waals surface area contributed by atoms with E-state index in [1.807, 2.05) is 23.1 Å². The minimum atomic E-state index is -0.374. The number of benzene rings is 1. The Bertz CT molecular complexity index is 972. The van der Waals surface area contributed by atoms with Crippen LogP contribution < -0.4 is 5.73 Å². The first-order valence-corrected chi connectivity index (χ1v) is 11.6. The second kappa shape index (κ2) is 9.27. The molecule has 0 saturated carbocycles. The number of hydrogen-bond acceptors (Lipinski definition) is 5. The average Bonchev–Trinajstić information content (AvgIpc) is 2.94. The number of carbonyl (C=O) groups excluding carboxylic acids is 2. The number of rotatable bonds is 4. The molecule has 7 heteroatoms. The van der Waals surface area contributed by atoms with Gasteiger partial charge in [0.25, 0.3) is 5.91 Å². The summed E-state index contributed by atoms with van der Waals surface area (Å²) in [5.74, 6) is 0.673. The summed E-state index contributed by atoms with van der Waals surface area (Å²) in [6.45, 7) is 6.72. The molecule has 1 aromatic heterocycles. The van der Waals surface area contributed by atoms with Crippen LogP contribution in [0.1, 0.15) is 60.6 Å². The van der Waals surface area contributed by atoms with E-state index in [1.165, 1.54) is 11.8 Å². The second-order valence-electron chi connectivity index (χ2n) is 9.38. The zero-order chi connectivity index (χ0) is 22.7. The molecule has 1 aromatic carbocycles. The predicted octanol–water partition coefficient (Wildman–Crippen LogP) is 3.44. The van der Waals surface area contributed by atoms with Gasteiger partial charge in [-0.1, -0.05) is 43.7 Å². The Kier molecular flexibility index (Phi) is 6.44. The lowest BCUT2D eigenvalue weighted by Gasteiger charge is -2.43. The minimum absolute atomic E-state index is 0.0519. The number of aryl methyl sites for hydroxylation is 1. The van der Waals surface area contributed by atoms with Crippen molar-refractivity contribution < 1.29 is 9.59 Å². The van der Waals surface area contributed by atoms with E-state index in [4.69, 9.17) is 5.73 Å². The highest BCUT2D eigenvalue weighted by Gasteiger charge is 2.45. The van der Waals surface area contributed by atoms with E-state index in [-0.39, 0.29) is 29.1 Å². The first kappa shape index (κ1) is 22.2. The van der Waals surface area contributed by atoms with Crippen LogP contribution in [0.5, 0.6) is 0 Å². The third-order valence-electron chi connectivity index (χ3n) is 7.28. The van der Waals surface area contributed by atoms with E-state index in [1.54, 1.807) is 6.92 Å². The number of piperidine rings is 1. The molecule has 7 nitrogen and oxygen atoms in total. The Morgan fingerprint density at radius 2 is 1.88 bits per heavy atom. The van der Waals surface area contributed by atoms with Crippen LogP contribution in [0.25, 0.3) is 0 Å². The summed E-state index contributed by atoms with van der Waals surface area (Å²) >= 11 is 0. The minimum Gasteiger partial charge on any atom is -0.368 e. The number of likely N-dealkylation sites (tertiary alicyclic amines) is 2. The third-order valence-corrected chi connectivity index (χ3v) is 7.28. The summed E-state index contributed by atoms with van der Waals surface area (Å²) in [4.78, 5) is 38.7. The maximum atomic E-state index is 13.7. The Morgan fingerprint density at radius 1 is 1.16 bits per heavy atom. The molecule has 2 N–H and O–H groups in total. The number of nitrogens with zero attached hydrogens (tertiary/aromatic N) is 4. The van der Waals surface area contributed by atoms with Gasteiger partial charge in [0, 0.05) is 37.8 Å². The van der Waals surface area contributed by atoms with Crippen LogP contribution in [0.2, 0.25) is 0 Å². The van der Waals surface area contributed by atoms with Crippen molar-refractivity contribution in [3.63, 3.8) is 0 Å². The molecule has 2 saturated heterocycles. The highest BCUT2D eigenvalue weighted by atomic mass is 16.2. The van der Waals surface area contributed by atoms with Gasteiger partial charge in [0.1, 0.15) is 0 Å². The normalized spacial score (nSPS) is 22.6. The maximum absolute atomic E-state index is 13.7. The van der Waals surface area contributed by atoms with Gasteiger partial charge in [0.15, 0.2) is 0 Å². The smallest absolute Gasteiger partial charge is 0.257 e. The molecule has 2 fully saturated rings. The van der Waals surface area contributed by atoms with Crippen molar-refractivity contribution in [3.8, 4) is 0 Å². The van der Waals surface area contributed by atoms with Gasteiger partial charge >= 0.3 is 0 Å². The van der Waals surface area contributed by atoms with Crippen LogP contribution >= 0.6 is 0 Å². The van der Waals surface area contributed by atoms with Crippen molar-refractivity contribution in [1.82, 2.24) is 19.8 Å². The number of anilines is 1. The van der Waals surface area contributed by atoms with E-state index < -0.39 is 0 Å². The van der Waals surface area contributed by atoms with Crippen LogP contribution in [0.4, 0.5) is 5.95 Å². The first-order chi connectivity index (χ1) is 15.4. The SMILES string of the molecule is Cc1nc(N)ncc1C(=O)N1CCC([C@@]2(C)CCCCN(Cc3ccccc3)C2=O)CC1. The summed E-state index contributed by atoms with van der Waals surface area (Å²) in [7, 11) is 0. The lowest BCUT2D eigenvalue weighted by atomic mass is 9.69. The molecule has 32 heavy (non-hydrogen) atoms. The van der Waals surface area contributed by atoms with Crippen molar-refractivity contribution >= 4 is 17.8 Å². The number of hydrogen-bond donors (Lipinski definition) is 1. The van der Waals surface area contributed by atoms with Gasteiger partial charge in [-0.3, -0.25) is 9.59 Å². The van der Waals surface area contributed by atoms with Crippen LogP contribution in [-0.4, -0.2) is 51.2 Å². The molecular formula is C25H33N5O2. The predicted molar refractivity (Wildman–Crippen MR) is 124 cm³/mol. The Hall–Kier alpha value is -2.96. The monoisotopic (exact) mass is 435 g/mol. The molecule has 3 heterocycles. The molecule has 0 radical (unpaired) electrons. The number of amides is 2. The molecule has 2 aliphatic heterocycles. The molecular weight excluding hydrogens is 402 g/mol. The lowest BCUT2D eigenvalue weighted by Crippen LogP contribution is -2.49.